The largest absolute Gasteiger partial charge is 0.339 e. The predicted octanol–water partition coefficient (Wildman–Crippen LogP) is 1.77. The van der Waals surface area contributed by atoms with Gasteiger partial charge >= 0.3 is 0 Å². The van der Waals surface area contributed by atoms with E-state index in [1.807, 2.05) is 0 Å². The number of aromatic nitrogens is 6. The molecule has 2 aromatic heterocycles. The molecule has 0 amide bonds. The van der Waals surface area contributed by atoms with Crippen LogP contribution in [0.4, 0.5) is 11.5 Å². The van der Waals surface area contributed by atoms with Crippen LogP contribution >= 0.6 is 11.6 Å². The molecule has 0 spiro atoms. The van der Waals surface area contributed by atoms with Gasteiger partial charge in [-0.3, -0.25) is 0 Å². The third-order valence-electron chi connectivity index (χ3n) is 3.80. The molecule has 0 unspecified atom stereocenters. The van der Waals surface area contributed by atoms with E-state index < -0.39 is 9.84 Å². The van der Waals surface area contributed by atoms with Gasteiger partial charge in [-0.2, -0.15) is 10.2 Å². The Balaban J connectivity index is 1.71. The van der Waals surface area contributed by atoms with Gasteiger partial charge in [0.2, 0.25) is 11.1 Å². The minimum atomic E-state index is -3.43. The van der Waals surface area contributed by atoms with Crippen molar-refractivity contribution in [3.8, 4) is 11.4 Å². The van der Waals surface area contributed by atoms with Gasteiger partial charge in [-0.15, -0.1) is 10.2 Å². The number of rotatable bonds is 3. The molecule has 128 valence electrons. The van der Waals surface area contributed by atoms with E-state index in [0.717, 1.165) is 5.56 Å². The van der Waals surface area contributed by atoms with E-state index in [1.54, 1.807) is 24.3 Å². The molecule has 0 radical (unpaired) electrons. The maximum atomic E-state index is 12.4. The average molecular weight is 378 g/mol. The molecule has 1 aliphatic rings. The number of sulfone groups is 1. The van der Waals surface area contributed by atoms with Crippen molar-refractivity contribution in [2.24, 2.45) is 0 Å². The number of hydrogen-bond donors (Lipinski definition) is 2. The Morgan fingerprint density at radius 2 is 1.96 bits per heavy atom. The van der Waals surface area contributed by atoms with Crippen LogP contribution in [0.5, 0.6) is 0 Å². The van der Waals surface area contributed by atoms with Crippen molar-refractivity contribution in [2.75, 3.05) is 11.1 Å². The summed E-state index contributed by atoms with van der Waals surface area (Å²) in [5.41, 5.74) is 1.89. The van der Waals surface area contributed by atoms with Crippen LogP contribution in [-0.4, -0.2) is 44.8 Å². The van der Waals surface area contributed by atoms with E-state index in [1.165, 1.54) is 0 Å². The number of anilines is 2. The second-order valence-electron chi connectivity index (χ2n) is 5.48. The highest BCUT2D eigenvalue weighted by molar-refractivity contribution is 7.91. The predicted molar refractivity (Wildman–Crippen MR) is 90.3 cm³/mol. The molecule has 0 saturated heterocycles. The van der Waals surface area contributed by atoms with Crippen molar-refractivity contribution in [2.45, 2.75) is 17.7 Å². The number of benzene rings is 1. The molecule has 1 aliphatic heterocycles. The van der Waals surface area contributed by atoms with Crippen LogP contribution in [0.2, 0.25) is 5.28 Å². The number of tetrazole rings is 1. The zero-order valence-electron chi connectivity index (χ0n) is 12.8. The van der Waals surface area contributed by atoms with E-state index >= 15 is 0 Å². The number of aryl methyl sites for hydroxylation is 1. The number of halogens is 1. The molecule has 0 fully saturated rings. The molecule has 11 heteroatoms. The first-order valence-corrected chi connectivity index (χ1v) is 9.46. The fourth-order valence-electron chi connectivity index (χ4n) is 2.70. The van der Waals surface area contributed by atoms with Crippen LogP contribution in [0.1, 0.15) is 12.1 Å². The average Bonchev–Trinajstić information content (AvgIpc) is 3.09. The fraction of sp³-hybridized carbons (Fsp3) is 0.214. The molecule has 0 saturated carbocycles. The monoisotopic (exact) mass is 377 g/mol. The zero-order valence-corrected chi connectivity index (χ0v) is 14.3. The Hall–Kier alpha value is -2.59. The Labute approximate surface area is 147 Å². The SMILES string of the molecule is O=S1(=O)CCCc2nc(Cl)nc(Nc3ccc(-c4nn[nH]n4)cc3)c21. The van der Waals surface area contributed by atoms with Crippen LogP contribution in [0.25, 0.3) is 11.4 Å². The van der Waals surface area contributed by atoms with Crippen molar-refractivity contribution >= 4 is 32.9 Å². The standard InChI is InChI=1S/C14H12ClN7O2S/c15-14-17-10-2-1-7-25(23,24)11(10)13(18-14)16-9-5-3-8(4-6-9)12-19-21-22-20-12/h3-6H,1-2,7H2,(H,16,17,18)(H,19,20,21,22). The van der Waals surface area contributed by atoms with Crippen LogP contribution in [-0.2, 0) is 16.3 Å². The van der Waals surface area contributed by atoms with Gasteiger partial charge in [-0.05, 0) is 53.9 Å². The molecule has 3 heterocycles. The van der Waals surface area contributed by atoms with Gasteiger partial charge in [-0.25, -0.2) is 13.4 Å². The Bertz CT molecular complexity index is 1020. The molecule has 4 rings (SSSR count). The van der Waals surface area contributed by atoms with Gasteiger partial charge in [0.1, 0.15) is 4.90 Å². The van der Waals surface area contributed by atoms with Crippen molar-refractivity contribution in [1.29, 1.82) is 0 Å². The van der Waals surface area contributed by atoms with Gasteiger partial charge < -0.3 is 5.32 Å². The van der Waals surface area contributed by atoms with Gasteiger partial charge in [0.15, 0.2) is 15.7 Å². The number of H-pyrrole nitrogens is 1. The van der Waals surface area contributed by atoms with Crippen LogP contribution in [0.15, 0.2) is 29.2 Å². The van der Waals surface area contributed by atoms with E-state index in [2.05, 4.69) is 35.9 Å². The van der Waals surface area contributed by atoms with Crippen molar-refractivity contribution in [1.82, 2.24) is 30.6 Å². The summed E-state index contributed by atoms with van der Waals surface area (Å²) in [7, 11) is -3.43. The highest BCUT2D eigenvalue weighted by Crippen LogP contribution is 2.32. The number of hydrogen-bond acceptors (Lipinski definition) is 8. The molecule has 2 N–H and O–H groups in total. The van der Waals surface area contributed by atoms with E-state index in [-0.39, 0.29) is 21.7 Å². The first-order valence-electron chi connectivity index (χ1n) is 7.43. The number of nitrogens with one attached hydrogen (secondary N) is 2. The topological polar surface area (TPSA) is 126 Å². The van der Waals surface area contributed by atoms with E-state index in [9.17, 15) is 8.42 Å². The molecule has 0 bridgehead atoms. The lowest BCUT2D eigenvalue weighted by atomic mass is 10.2. The first kappa shape index (κ1) is 15.9. The second kappa shape index (κ2) is 6.05. The zero-order chi connectivity index (χ0) is 17.4. The summed E-state index contributed by atoms with van der Waals surface area (Å²) in [5.74, 6) is 0.745. The van der Waals surface area contributed by atoms with Gasteiger partial charge in [0.05, 0.1) is 11.4 Å². The summed E-state index contributed by atoms with van der Waals surface area (Å²) in [4.78, 5) is 8.27. The maximum absolute atomic E-state index is 12.4. The van der Waals surface area contributed by atoms with Crippen LogP contribution < -0.4 is 5.32 Å². The van der Waals surface area contributed by atoms with Crippen LogP contribution in [0, 0.1) is 0 Å². The molecular formula is C14H12ClN7O2S. The molecule has 9 nitrogen and oxygen atoms in total. The lowest BCUT2D eigenvalue weighted by Crippen LogP contribution is -2.20. The molecule has 3 aromatic rings. The maximum Gasteiger partial charge on any atom is 0.224 e. The van der Waals surface area contributed by atoms with Gasteiger partial charge in [0.25, 0.3) is 0 Å². The normalized spacial score (nSPS) is 15.6. The summed E-state index contributed by atoms with van der Waals surface area (Å²) in [6.45, 7) is 0. The van der Waals surface area contributed by atoms with E-state index in [0.29, 0.717) is 30.0 Å². The number of nitrogens with zero attached hydrogens (tertiary/aromatic N) is 5. The Kier molecular flexibility index (Phi) is 3.85. The lowest BCUT2D eigenvalue weighted by Gasteiger charge is -2.19. The van der Waals surface area contributed by atoms with E-state index in [4.69, 9.17) is 11.6 Å². The summed E-state index contributed by atoms with van der Waals surface area (Å²) < 4.78 is 24.8. The molecule has 0 aliphatic carbocycles. The minimum Gasteiger partial charge on any atom is -0.339 e. The third-order valence-corrected chi connectivity index (χ3v) is 5.84. The molecule has 1 aromatic carbocycles. The second-order valence-corrected chi connectivity index (χ2v) is 7.86. The highest BCUT2D eigenvalue weighted by Gasteiger charge is 2.30. The number of fused-ring (bicyclic) bond motifs is 1. The van der Waals surface area contributed by atoms with Gasteiger partial charge in [0, 0.05) is 11.3 Å². The molecule has 25 heavy (non-hydrogen) atoms. The van der Waals surface area contributed by atoms with Crippen molar-refractivity contribution in [3.05, 3.63) is 35.2 Å². The first-order chi connectivity index (χ1) is 12.0. The fourth-order valence-corrected chi connectivity index (χ4v) is 4.52. The Morgan fingerprint density at radius 3 is 2.68 bits per heavy atom. The van der Waals surface area contributed by atoms with Crippen LogP contribution in [0.3, 0.4) is 0 Å². The third kappa shape index (κ3) is 3.05. The van der Waals surface area contributed by atoms with Gasteiger partial charge in [-0.1, -0.05) is 0 Å². The van der Waals surface area contributed by atoms with Crippen molar-refractivity contribution in [3.63, 3.8) is 0 Å². The summed E-state index contributed by atoms with van der Waals surface area (Å²) in [6, 6.07) is 7.11. The molecule has 0 atom stereocenters. The Morgan fingerprint density at radius 1 is 1.16 bits per heavy atom. The smallest absolute Gasteiger partial charge is 0.224 e. The van der Waals surface area contributed by atoms with Crippen molar-refractivity contribution < 1.29 is 8.42 Å². The highest BCUT2D eigenvalue weighted by atomic mass is 35.5. The minimum absolute atomic E-state index is 0.0155. The summed E-state index contributed by atoms with van der Waals surface area (Å²) >= 11 is 5.95. The summed E-state index contributed by atoms with van der Waals surface area (Å²) in [5, 5.41) is 16.7. The summed E-state index contributed by atoms with van der Waals surface area (Å²) in [6.07, 6.45) is 1.09. The molecular weight excluding hydrogens is 366 g/mol. The lowest BCUT2D eigenvalue weighted by molar-refractivity contribution is 0.584. The quantitative estimate of drug-likeness (QED) is 0.661. The number of aromatic amines is 1.